The minimum Gasteiger partial charge on any atom is -0.462 e. The minimum atomic E-state index is -3.53. The number of nitrogens with zero attached hydrogens (tertiary/aromatic N) is 2. The van der Waals surface area contributed by atoms with Crippen molar-refractivity contribution in [2.45, 2.75) is 13.5 Å². The first-order valence-electron chi connectivity index (χ1n) is 7.95. The van der Waals surface area contributed by atoms with E-state index in [0.717, 1.165) is 17.3 Å². The Bertz CT molecular complexity index is 1040. The molecule has 0 aliphatic heterocycles. The standard InChI is InChI=1S/C18H18N2O5S/c1-3-24-18(21)16-10-15-9-13(12-25-26(2,22)23)6-8-20(15)17(16)14-5-4-7-19-11-14/h4-11H,3,12H2,1-2H3. The van der Waals surface area contributed by atoms with Gasteiger partial charge in [-0.05, 0) is 42.8 Å². The van der Waals surface area contributed by atoms with Crippen molar-refractivity contribution in [2.75, 3.05) is 12.9 Å². The summed E-state index contributed by atoms with van der Waals surface area (Å²) in [6.07, 6.45) is 6.10. The summed E-state index contributed by atoms with van der Waals surface area (Å²) < 4.78 is 34.2. The number of carbonyl (C=O) groups is 1. The molecule has 8 heteroatoms. The molecule has 0 amide bonds. The molecule has 3 aromatic rings. The van der Waals surface area contributed by atoms with Crippen molar-refractivity contribution < 1.29 is 22.1 Å². The lowest BCUT2D eigenvalue weighted by Crippen LogP contribution is -2.05. The fourth-order valence-corrected chi connectivity index (χ4v) is 3.00. The van der Waals surface area contributed by atoms with Gasteiger partial charge in [-0.1, -0.05) is 0 Å². The molecule has 0 fully saturated rings. The van der Waals surface area contributed by atoms with Crippen LogP contribution in [0, 0.1) is 0 Å². The van der Waals surface area contributed by atoms with Gasteiger partial charge in [0, 0.05) is 29.7 Å². The van der Waals surface area contributed by atoms with Crippen LogP contribution in [0.1, 0.15) is 22.8 Å². The summed E-state index contributed by atoms with van der Waals surface area (Å²) >= 11 is 0. The van der Waals surface area contributed by atoms with E-state index in [9.17, 15) is 13.2 Å². The second-order valence-electron chi connectivity index (χ2n) is 5.66. The zero-order valence-corrected chi connectivity index (χ0v) is 15.2. The Labute approximate surface area is 151 Å². The van der Waals surface area contributed by atoms with Crippen LogP contribution < -0.4 is 0 Å². The number of ether oxygens (including phenoxy) is 1. The molecule has 3 heterocycles. The Kier molecular flexibility index (Phi) is 5.06. The summed E-state index contributed by atoms with van der Waals surface area (Å²) in [5, 5.41) is 0. The Morgan fingerprint density at radius 3 is 2.73 bits per heavy atom. The molecule has 0 saturated carbocycles. The van der Waals surface area contributed by atoms with Crippen molar-refractivity contribution >= 4 is 21.6 Å². The van der Waals surface area contributed by atoms with Gasteiger partial charge in [0.25, 0.3) is 10.1 Å². The number of hydrogen-bond donors (Lipinski definition) is 0. The first-order valence-corrected chi connectivity index (χ1v) is 9.76. The Morgan fingerprint density at radius 1 is 1.27 bits per heavy atom. The fraction of sp³-hybridized carbons (Fsp3) is 0.222. The van der Waals surface area contributed by atoms with E-state index in [1.165, 1.54) is 0 Å². The molecule has 0 radical (unpaired) electrons. The van der Waals surface area contributed by atoms with Gasteiger partial charge in [-0.2, -0.15) is 8.42 Å². The summed E-state index contributed by atoms with van der Waals surface area (Å²) in [7, 11) is -3.53. The predicted octanol–water partition coefficient (Wildman–Crippen LogP) is 2.65. The number of fused-ring (bicyclic) bond motifs is 1. The number of hydrogen-bond acceptors (Lipinski definition) is 6. The van der Waals surface area contributed by atoms with Crippen molar-refractivity contribution in [3.8, 4) is 11.3 Å². The van der Waals surface area contributed by atoms with E-state index in [0.29, 0.717) is 16.8 Å². The van der Waals surface area contributed by atoms with E-state index in [2.05, 4.69) is 4.98 Å². The van der Waals surface area contributed by atoms with Gasteiger partial charge < -0.3 is 9.14 Å². The fourth-order valence-electron chi connectivity index (χ4n) is 2.65. The van der Waals surface area contributed by atoms with Crippen LogP contribution in [0.4, 0.5) is 0 Å². The molecular weight excluding hydrogens is 356 g/mol. The monoisotopic (exact) mass is 374 g/mol. The zero-order valence-electron chi connectivity index (χ0n) is 14.4. The van der Waals surface area contributed by atoms with E-state index in [1.54, 1.807) is 49.8 Å². The maximum absolute atomic E-state index is 12.4. The van der Waals surface area contributed by atoms with E-state index in [4.69, 9.17) is 8.92 Å². The van der Waals surface area contributed by atoms with Crippen LogP contribution in [0.2, 0.25) is 0 Å². The number of esters is 1. The number of aromatic nitrogens is 2. The van der Waals surface area contributed by atoms with Gasteiger partial charge in [-0.25, -0.2) is 4.79 Å². The SMILES string of the molecule is CCOC(=O)c1cc2cc(COS(C)(=O)=O)ccn2c1-c1cccnc1. The Morgan fingerprint density at radius 2 is 2.08 bits per heavy atom. The first kappa shape index (κ1) is 18.1. The van der Waals surface area contributed by atoms with Crippen LogP contribution in [0.15, 0.2) is 48.9 Å². The number of pyridine rings is 2. The number of rotatable bonds is 6. The average molecular weight is 374 g/mol. The summed E-state index contributed by atoms with van der Waals surface area (Å²) in [6, 6.07) is 8.88. The van der Waals surface area contributed by atoms with Gasteiger partial charge in [-0.3, -0.25) is 9.17 Å². The molecule has 0 spiro atoms. The summed E-state index contributed by atoms with van der Waals surface area (Å²) in [5.74, 6) is -0.427. The molecule has 3 aromatic heterocycles. The highest BCUT2D eigenvalue weighted by molar-refractivity contribution is 7.85. The highest BCUT2D eigenvalue weighted by Crippen LogP contribution is 2.28. The van der Waals surface area contributed by atoms with Gasteiger partial charge in [0.1, 0.15) is 0 Å². The molecule has 0 aromatic carbocycles. The van der Waals surface area contributed by atoms with Gasteiger partial charge in [-0.15, -0.1) is 0 Å². The summed E-state index contributed by atoms with van der Waals surface area (Å²) in [6.45, 7) is 1.94. The lowest BCUT2D eigenvalue weighted by molar-refractivity contribution is 0.0527. The molecule has 0 unspecified atom stereocenters. The van der Waals surface area contributed by atoms with Gasteiger partial charge in [0.2, 0.25) is 0 Å². The van der Waals surface area contributed by atoms with Gasteiger partial charge >= 0.3 is 5.97 Å². The molecular formula is C18H18N2O5S. The Balaban J connectivity index is 2.10. The third-order valence-corrected chi connectivity index (χ3v) is 4.25. The van der Waals surface area contributed by atoms with E-state index >= 15 is 0 Å². The minimum absolute atomic E-state index is 0.0719. The maximum atomic E-state index is 12.4. The third-order valence-electron chi connectivity index (χ3n) is 3.71. The topological polar surface area (TPSA) is 87.0 Å². The molecule has 0 N–H and O–H groups in total. The van der Waals surface area contributed by atoms with E-state index < -0.39 is 16.1 Å². The molecule has 7 nitrogen and oxygen atoms in total. The van der Waals surface area contributed by atoms with Gasteiger partial charge in [0.15, 0.2) is 0 Å². The lowest BCUT2D eigenvalue weighted by Gasteiger charge is -2.07. The van der Waals surface area contributed by atoms with Crippen molar-refractivity contribution in [1.29, 1.82) is 0 Å². The molecule has 0 bridgehead atoms. The quantitative estimate of drug-likeness (QED) is 0.487. The molecule has 26 heavy (non-hydrogen) atoms. The highest BCUT2D eigenvalue weighted by atomic mass is 32.2. The van der Waals surface area contributed by atoms with Crippen LogP contribution in [-0.2, 0) is 25.6 Å². The van der Waals surface area contributed by atoms with Crippen LogP contribution >= 0.6 is 0 Å². The molecule has 0 aliphatic rings. The summed E-state index contributed by atoms with van der Waals surface area (Å²) in [4.78, 5) is 16.5. The second-order valence-corrected chi connectivity index (χ2v) is 7.31. The highest BCUT2D eigenvalue weighted by Gasteiger charge is 2.20. The molecule has 0 aliphatic carbocycles. The average Bonchev–Trinajstić information content (AvgIpc) is 2.99. The van der Waals surface area contributed by atoms with Crippen molar-refractivity contribution in [1.82, 2.24) is 9.38 Å². The largest absolute Gasteiger partial charge is 0.462 e. The normalized spacial score (nSPS) is 11.6. The Hall–Kier alpha value is -2.71. The third kappa shape index (κ3) is 3.92. The van der Waals surface area contributed by atoms with E-state index in [-0.39, 0.29) is 13.2 Å². The van der Waals surface area contributed by atoms with Crippen molar-refractivity contribution in [3.63, 3.8) is 0 Å². The second kappa shape index (κ2) is 7.27. The van der Waals surface area contributed by atoms with Gasteiger partial charge in [0.05, 0.1) is 30.7 Å². The zero-order chi connectivity index (χ0) is 18.7. The maximum Gasteiger partial charge on any atom is 0.340 e. The van der Waals surface area contributed by atoms with Crippen LogP contribution in [0.3, 0.4) is 0 Å². The molecule has 3 rings (SSSR count). The smallest absolute Gasteiger partial charge is 0.340 e. The molecule has 0 atom stereocenters. The molecule has 0 saturated heterocycles. The summed E-state index contributed by atoms with van der Waals surface area (Å²) in [5.41, 5.74) is 3.26. The molecule has 136 valence electrons. The predicted molar refractivity (Wildman–Crippen MR) is 96.2 cm³/mol. The van der Waals surface area contributed by atoms with Crippen LogP contribution in [-0.4, -0.2) is 36.6 Å². The number of carbonyl (C=O) groups excluding carboxylic acids is 1. The van der Waals surface area contributed by atoms with Crippen LogP contribution in [0.25, 0.3) is 16.8 Å². The van der Waals surface area contributed by atoms with Crippen LogP contribution in [0.5, 0.6) is 0 Å². The van der Waals surface area contributed by atoms with Crippen molar-refractivity contribution in [2.24, 2.45) is 0 Å². The lowest BCUT2D eigenvalue weighted by atomic mass is 10.1. The first-order chi connectivity index (χ1) is 12.4. The van der Waals surface area contributed by atoms with Crippen molar-refractivity contribution in [3.05, 3.63) is 60.0 Å². The van der Waals surface area contributed by atoms with E-state index in [1.807, 2.05) is 10.5 Å².